The number of carbonyl (C=O) groups is 1. The third-order valence-corrected chi connectivity index (χ3v) is 3.25. The maximum atomic E-state index is 11.9. The van der Waals surface area contributed by atoms with Crippen LogP contribution >= 0.6 is 0 Å². The number of carbonyl (C=O) groups excluding carboxylic acids is 1. The third kappa shape index (κ3) is 3.81. The van der Waals surface area contributed by atoms with E-state index >= 15 is 0 Å². The number of hydrogen-bond acceptors (Lipinski definition) is 4. The molecule has 0 aliphatic heterocycles. The van der Waals surface area contributed by atoms with Crippen molar-refractivity contribution in [2.24, 2.45) is 5.92 Å². The zero-order valence-corrected chi connectivity index (χ0v) is 13.4. The van der Waals surface area contributed by atoms with Crippen LogP contribution in [0.25, 0.3) is 11.3 Å². The smallest absolute Gasteiger partial charge is 0.233 e. The average Bonchev–Trinajstić information content (AvgIpc) is 2.50. The second-order valence-electron chi connectivity index (χ2n) is 5.36. The van der Waals surface area contributed by atoms with Crippen molar-refractivity contribution in [3.8, 4) is 17.1 Å². The summed E-state index contributed by atoms with van der Waals surface area (Å²) in [6.45, 7) is 8.16. The molecule has 0 atom stereocenters. The Morgan fingerprint density at radius 1 is 1.23 bits per heavy atom. The Labute approximate surface area is 130 Å². The summed E-state index contributed by atoms with van der Waals surface area (Å²) in [5, 5.41) is 11.1. The summed E-state index contributed by atoms with van der Waals surface area (Å²) in [6.07, 6.45) is 0. The van der Waals surface area contributed by atoms with Gasteiger partial charge in [-0.2, -0.15) is 0 Å². The Hall–Kier alpha value is -2.43. The van der Waals surface area contributed by atoms with Crippen LogP contribution in [0.5, 0.6) is 5.88 Å². The molecule has 1 heterocycles. The molecule has 0 aliphatic carbocycles. The van der Waals surface area contributed by atoms with Crippen LogP contribution in [0.2, 0.25) is 0 Å². The Balaban J connectivity index is 2.26. The largest absolute Gasteiger partial charge is 0.477 e. The fraction of sp³-hybridized carbons (Fsp3) is 0.353. The minimum absolute atomic E-state index is 0.00183. The molecule has 5 nitrogen and oxygen atoms in total. The van der Waals surface area contributed by atoms with Crippen molar-refractivity contribution in [2.45, 2.75) is 27.7 Å². The number of nitrogens with one attached hydrogen (secondary N) is 1. The normalized spacial score (nSPS) is 10.6. The lowest BCUT2D eigenvalue weighted by Gasteiger charge is -2.12. The molecule has 1 amide bonds. The van der Waals surface area contributed by atoms with Gasteiger partial charge in [0.25, 0.3) is 0 Å². The van der Waals surface area contributed by atoms with Crippen LogP contribution in [0.1, 0.15) is 26.3 Å². The molecule has 1 aromatic heterocycles. The zero-order valence-electron chi connectivity index (χ0n) is 13.4. The van der Waals surface area contributed by atoms with E-state index in [0.717, 1.165) is 22.5 Å². The molecule has 0 saturated heterocycles. The third-order valence-electron chi connectivity index (χ3n) is 3.25. The fourth-order valence-corrected chi connectivity index (χ4v) is 1.89. The predicted molar refractivity (Wildman–Crippen MR) is 86.8 cm³/mol. The Kier molecular flexibility index (Phi) is 5.09. The van der Waals surface area contributed by atoms with Crippen molar-refractivity contribution in [3.05, 3.63) is 35.9 Å². The highest BCUT2D eigenvalue weighted by molar-refractivity contribution is 5.93. The molecule has 116 valence electrons. The highest BCUT2D eigenvalue weighted by Crippen LogP contribution is 2.24. The standard InChI is InChI=1S/C17H21N3O2/c1-5-22-16-9-8-14(19-20-16)13-7-6-12(4)15(10-13)18-17(21)11(2)3/h6-11H,5H2,1-4H3,(H,18,21). The first-order valence-corrected chi connectivity index (χ1v) is 7.39. The molecule has 0 aliphatic rings. The van der Waals surface area contributed by atoms with Gasteiger partial charge in [0, 0.05) is 23.2 Å². The first-order valence-electron chi connectivity index (χ1n) is 7.39. The number of amides is 1. The van der Waals surface area contributed by atoms with Crippen LogP contribution in [0.15, 0.2) is 30.3 Å². The molecule has 5 heteroatoms. The Morgan fingerprint density at radius 2 is 2.00 bits per heavy atom. The van der Waals surface area contributed by atoms with Crippen LogP contribution in [-0.4, -0.2) is 22.7 Å². The molecule has 0 bridgehead atoms. The van der Waals surface area contributed by atoms with Gasteiger partial charge < -0.3 is 10.1 Å². The van der Waals surface area contributed by atoms with Crippen LogP contribution in [0.3, 0.4) is 0 Å². The first kappa shape index (κ1) is 15.9. The summed E-state index contributed by atoms with van der Waals surface area (Å²) in [7, 11) is 0. The molecule has 22 heavy (non-hydrogen) atoms. The highest BCUT2D eigenvalue weighted by atomic mass is 16.5. The number of ether oxygens (including phenoxy) is 1. The van der Waals surface area contributed by atoms with E-state index in [4.69, 9.17) is 4.74 Å². The van der Waals surface area contributed by atoms with Crippen molar-refractivity contribution in [1.29, 1.82) is 0 Å². The number of nitrogens with zero attached hydrogens (tertiary/aromatic N) is 2. The molecular weight excluding hydrogens is 278 g/mol. The molecule has 2 rings (SSSR count). The number of aromatic nitrogens is 2. The van der Waals surface area contributed by atoms with Crippen LogP contribution in [-0.2, 0) is 4.79 Å². The van der Waals surface area contributed by atoms with Gasteiger partial charge in [-0.1, -0.05) is 26.0 Å². The quantitative estimate of drug-likeness (QED) is 0.918. The van der Waals surface area contributed by atoms with Gasteiger partial charge >= 0.3 is 0 Å². The highest BCUT2D eigenvalue weighted by Gasteiger charge is 2.10. The summed E-state index contributed by atoms with van der Waals surface area (Å²) in [4.78, 5) is 11.9. The van der Waals surface area contributed by atoms with E-state index < -0.39 is 0 Å². The van der Waals surface area contributed by atoms with Gasteiger partial charge in [0.2, 0.25) is 11.8 Å². The van der Waals surface area contributed by atoms with Gasteiger partial charge in [0.05, 0.1) is 12.3 Å². The maximum Gasteiger partial charge on any atom is 0.233 e. The van der Waals surface area contributed by atoms with E-state index in [1.165, 1.54) is 0 Å². The fourth-order valence-electron chi connectivity index (χ4n) is 1.89. The van der Waals surface area contributed by atoms with Crippen LogP contribution in [0, 0.1) is 12.8 Å². The van der Waals surface area contributed by atoms with Gasteiger partial charge in [-0.15, -0.1) is 10.2 Å². The predicted octanol–water partition coefficient (Wildman–Crippen LogP) is 3.45. The summed E-state index contributed by atoms with van der Waals surface area (Å²) >= 11 is 0. The lowest BCUT2D eigenvalue weighted by atomic mass is 10.1. The van der Waals surface area contributed by atoms with Crippen molar-refractivity contribution < 1.29 is 9.53 Å². The number of rotatable bonds is 5. The molecule has 0 spiro atoms. The van der Waals surface area contributed by atoms with Crippen molar-refractivity contribution in [3.63, 3.8) is 0 Å². The molecule has 0 radical (unpaired) electrons. The van der Waals surface area contributed by atoms with Gasteiger partial charge in [0.15, 0.2) is 0 Å². The molecule has 1 N–H and O–H groups in total. The van der Waals surface area contributed by atoms with Crippen molar-refractivity contribution >= 4 is 11.6 Å². The molecule has 0 fully saturated rings. The summed E-state index contributed by atoms with van der Waals surface area (Å²) in [5.41, 5.74) is 3.45. The second-order valence-corrected chi connectivity index (χ2v) is 5.36. The van der Waals surface area contributed by atoms with Crippen LogP contribution < -0.4 is 10.1 Å². The lowest BCUT2D eigenvalue weighted by molar-refractivity contribution is -0.118. The lowest BCUT2D eigenvalue weighted by Crippen LogP contribution is -2.18. The number of benzene rings is 1. The van der Waals surface area contributed by atoms with E-state index in [1.807, 2.05) is 52.0 Å². The Bertz CT molecular complexity index is 651. The number of aryl methyl sites for hydroxylation is 1. The molecule has 1 aromatic carbocycles. The molecule has 0 unspecified atom stereocenters. The van der Waals surface area contributed by atoms with E-state index in [-0.39, 0.29) is 11.8 Å². The monoisotopic (exact) mass is 299 g/mol. The SMILES string of the molecule is CCOc1ccc(-c2ccc(C)c(NC(=O)C(C)C)c2)nn1. The topological polar surface area (TPSA) is 64.1 Å². The van der Waals surface area contributed by atoms with Gasteiger partial charge in [-0.3, -0.25) is 4.79 Å². The summed E-state index contributed by atoms with van der Waals surface area (Å²) in [6, 6.07) is 9.49. The van der Waals surface area contributed by atoms with Gasteiger partial charge in [0.1, 0.15) is 0 Å². The van der Waals surface area contributed by atoms with Crippen molar-refractivity contribution in [2.75, 3.05) is 11.9 Å². The van der Waals surface area contributed by atoms with Crippen LogP contribution in [0.4, 0.5) is 5.69 Å². The Morgan fingerprint density at radius 3 is 2.59 bits per heavy atom. The molecule has 2 aromatic rings. The molecule has 0 saturated carbocycles. The second kappa shape index (κ2) is 7.02. The van der Waals surface area contributed by atoms with Gasteiger partial charge in [-0.05, 0) is 31.5 Å². The molecular formula is C17H21N3O2. The first-order chi connectivity index (χ1) is 10.5. The maximum absolute atomic E-state index is 11.9. The minimum atomic E-state index is -0.0617. The van der Waals surface area contributed by atoms with E-state index in [2.05, 4.69) is 15.5 Å². The minimum Gasteiger partial charge on any atom is -0.477 e. The number of anilines is 1. The van der Waals surface area contributed by atoms with E-state index in [1.54, 1.807) is 6.07 Å². The van der Waals surface area contributed by atoms with Crippen molar-refractivity contribution in [1.82, 2.24) is 10.2 Å². The average molecular weight is 299 g/mol. The zero-order chi connectivity index (χ0) is 16.1. The van der Waals surface area contributed by atoms with Gasteiger partial charge in [-0.25, -0.2) is 0 Å². The number of hydrogen-bond donors (Lipinski definition) is 1. The van der Waals surface area contributed by atoms with E-state index in [9.17, 15) is 4.79 Å². The van der Waals surface area contributed by atoms with E-state index in [0.29, 0.717) is 12.5 Å². The summed E-state index contributed by atoms with van der Waals surface area (Å²) < 4.78 is 5.29. The summed E-state index contributed by atoms with van der Waals surface area (Å²) in [5.74, 6) is 0.443.